The van der Waals surface area contributed by atoms with E-state index in [9.17, 15) is 4.39 Å². The lowest BCUT2D eigenvalue weighted by Crippen LogP contribution is -1.81. The Hall–Kier alpha value is -1.01. The largest absolute Gasteiger partial charge is 0.207 e. The number of unbranched alkanes of at least 4 members (excludes halogenated alkanes) is 2. The van der Waals surface area contributed by atoms with Crippen molar-refractivity contribution in [3.05, 3.63) is 30.1 Å². The average molecular weight is 209 g/mol. The Labute approximate surface area is 87.9 Å². The smallest absolute Gasteiger partial charge is 0.124 e. The van der Waals surface area contributed by atoms with E-state index in [1.165, 1.54) is 12.1 Å². The van der Waals surface area contributed by atoms with Crippen LogP contribution in [0.5, 0.6) is 0 Å². The van der Waals surface area contributed by atoms with Gasteiger partial charge in [0.25, 0.3) is 0 Å². The first kappa shape index (κ1) is 11.1. The number of hydrogen-bond donors (Lipinski definition) is 0. The van der Waals surface area contributed by atoms with Crippen LogP contribution in [0, 0.1) is 17.1 Å². The molecule has 0 radical (unpaired) electrons. The van der Waals surface area contributed by atoms with Gasteiger partial charge in [0.15, 0.2) is 0 Å². The molecule has 0 heterocycles. The van der Waals surface area contributed by atoms with Gasteiger partial charge in [0.1, 0.15) is 5.82 Å². The standard InChI is InChI=1S/C11H12FNS/c12-10-5-4-6-11(9-10)14-8-3-1-2-7-13/h4-6,9H,1-3,8H2. The summed E-state index contributed by atoms with van der Waals surface area (Å²) in [6.07, 6.45) is 2.55. The van der Waals surface area contributed by atoms with E-state index in [0.29, 0.717) is 6.42 Å². The summed E-state index contributed by atoms with van der Waals surface area (Å²) in [5, 5.41) is 8.31. The van der Waals surface area contributed by atoms with Crippen molar-refractivity contribution in [3.8, 4) is 6.07 Å². The molecule has 74 valence electrons. The van der Waals surface area contributed by atoms with Crippen molar-refractivity contribution < 1.29 is 4.39 Å². The third-order valence-corrected chi connectivity index (χ3v) is 2.83. The van der Waals surface area contributed by atoms with Crippen LogP contribution in [0.25, 0.3) is 0 Å². The van der Waals surface area contributed by atoms with Crippen LogP contribution in [0.2, 0.25) is 0 Å². The number of halogens is 1. The molecule has 3 heteroatoms. The summed E-state index contributed by atoms with van der Waals surface area (Å²) in [6.45, 7) is 0. The van der Waals surface area contributed by atoms with E-state index in [-0.39, 0.29) is 5.82 Å². The highest BCUT2D eigenvalue weighted by Gasteiger charge is 1.95. The second kappa shape index (κ2) is 6.44. The molecule has 0 aliphatic carbocycles. The van der Waals surface area contributed by atoms with Crippen LogP contribution in [-0.2, 0) is 0 Å². The van der Waals surface area contributed by atoms with Gasteiger partial charge in [-0.2, -0.15) is 5.26 Å². The van der Waals surface area contributed by atoms with E-state index in [1.54, 1.807) is 17.8 Å². The molecule has 0 fully saturated rings. The minimum Gasteiger partial charge on any atom is -0.207 e. The van der Waals surface area contributed by atoms with Gasteiger partial charge in [-0.15, -0.1) is 11.8 Å². The molecular weight excluding hydrogens is 197 g/mol. The van der Waals surface area contributed by atoms with Crippen LogP contribution >= 0.6 is 11.8 Å². The topological polar surface area (TPSA) is 23.8 Å². The molecule has 1 aromatic carbocycles. The molecule has 0 spiro atoms. The molecule has 0 aromatic heterocycles. The maximum absolute atomic E-state index is 12.7. The van der Waals surface area contributed by atoms with Gasteiger partial charge >= 0.3 is 0 Å². The lowest BCUT2D eigenvalue weighted by atomic mass is 10.3. The molecule has 14 heavy (non-hydrogen) atoms. The SMILES string of the molecule is N#CCCCCSc1cccc(F)c1. The Morgan fingerprint density at radius 2 is 2.21 bits per heavy atom. The van der Waals surface area contributed by atoms with E-state index in [4.69, 9.17) is 5.26 Å². The van der Waals surface area contributed by atoms with Gasteiger partial charge in [0.2, 0.25) is 0 Å². The first-order chi connectivity index (χ1) is 6.83. The van der Waals surface area contributed by atoms with E-state index in [1.807, 2.05) is 6.07 Å². The molecule has 0 unspecified atom stereocenters. The van der Waals surface area contributed by atoms with Gasteiger partial charge in [-0.05, 0) is 36.8 Å². The first-order valence-electron chi connectivity index (χ1n) is 4.58. The highest BCUT2D eigenvalue weighted by molar-refractivity contribution is 7.99. The van der Waals surface area contributed by atoms with E-state index >= 15 is 0 Å². The predicted octanol–water partition coefficient (Wildman–Crippen LogP) is 3.61. The van der Waals surface area contributed by atoms with Crippen molar-refractivity contribution >= 4 is 11.8 Å². The Morgan fingerprint density at radius 3 is 2.93 bits per heavy atom. The third-order valence-electron chi connectivity index (χ3n) is 1.75. The van der Waals surface area contributed by atoms with Crippen LogP contribution in [-0.4, -0.2) is 5.75 Å². The molecular formula is C11H12FNS. The second-order valence-electron chi connectivity index (χ2n) is 2.92. The molecule has 1 rings (SSSR count). The fourth-order valence-corrected chi connectivity index (χ4v) is 2.01. The molecule has 0 N–H and O–H groups in total. The van der Waals surface area contributed by atoms with Crippen LogP contribution in [0.1, 0.15) is 19.3 Å². The zero-order valence-corrected chi connectivity index (χ0v) is 8.69. The molecule has 0 atom stereocenters. The quantitative estimate of drug-likeness (QED) is 0.546. The third kappa shape index (κ3) is 4.29. The summed E-state index contributed by atoms with van der Waals surface area (Å²) >= 11 is 1.64. The summed E-state index contributed by atoms with van der Waals surface area (Å²) in [4.78, 5) is 0.960. The molecule has 0 amide bonds. The summed E-state index contributed by atoms with van der Waals surface area (Å²) in [7, 11) is 0. The number of nitrogens with zero attached hydrogens (tertiary/aromatic N) is 1. The fraction of sp³-hybridized carbons (Fsp3) is 0.364. The van der Waals surface area contributed by atoms with Gasteiger partial charge in [-0.1, -0.05) is 6.07 Å². The average Bonchev–Trinajstić information content (AvgIpc) is 2.18. The molecule has 0 aliphatic rings. The summed E-state index contributed by atoms with van der Waals surface area (Å²) in [6, 6.07) is 8.70. The van der Waals surface area contributed by atoms with Gasteiger partial charge in [0, 0.05) is 11.3 Å². The second-order valence-corrected chi connectivity index (χ2v) is 4.09. The van der Waals surface area contributed by atoms with Gasteiger partial charge in [0.05, 0.1) is 6.07 Å². The predicted molar refractivity (Wildman–Crippen MR) is 56.6 cm³/mol. The maximum Gasteiger partial charge on any atom is 0.124 e. The van der Waals surface area contributed by atoms with Crippen molar-refractivity contribution in [2.75, 3.05) is 5.75 Å². The van der Waals surface area contributed by atoms with Crippen molar-refractivity contribution in [2.24, 2.45) is 0 Å². The molecule has 0 aliphatic heterocycles. The monoisotopic (exact) mass is 209 g/mol. The molecule has 0 saturated carbocycles. The Morgan fingerprint density at radius 1 is 1.36 bits per heavy atom. The zero-order chi connectivity index (χ0) is 10.2. The highest BCUT2D eigenvalue weighted by Crippen LogP contribution is 2.19. The van der Waals surface area contributed by atoms with Crippen LogP contribution in [0.4, 0.5) is 4.39 Å². The van der Waals surface area contributed by atoms with Gasteiger partial charge < -0.3 is 0 Å². The number of thioether (sulfide) groups is 1. The van der Waals surface area contributed by atoms with Crippen molar-refractivity contribution in [2.45, 2.75) is 24.2 Å². The Balaban J connectivity index is 2.22. The molecule has 0 bridgehead atoms. The molecule has 1 aromatic rings. The van der Waals surface area contributed by atoms with Crippen LogP contribution < -0.4 is 0 Å². The summed E-state index contributed by atoms with van der Waals surface area (Å²) < 4.78 is 12.7. The van der Waals surface area contributed by atoms with Gasteiger partial charge in [-0.25, -0.2) is 4.39 Å². The van der Waals surface area contributed by atoms with Crippen LogP contribution in [0.15, 0.2) is 29.2 Å². The zero-order valence-electron chi connectivity index (χ0n) is 7.87. The van der Waals surface area contributed by atoms with Crippen LogP contribution in [0.3, 0.4) is 0 Å². The maximum atomic E-state index is 12.7. The number of nitriles is 1. The minimum atomic E-state index is -0.188. The molecule has 1 nitrogen and oxygen atoms in total. The normalized spacial score (nSPS) is 9.71. The van der Waals surface area contributed by atoms with E-state index in [0.717, 1.165) is 23.5 Å². The van der Waals surface area contributed by atoms with E-state index < -0.39 is 0 Å². The molecule has 0 saturated heterocycles. The van der Waals surface area contributed by atoms with Crippen molar-refractivity contribution in [1.82, 2.24) is 0 Å². The number of hydrogen-bond acceptors (Lipinski definition) is 2. The lowest BCUT2D eigenvalue weighted by molar-refractivity contribution is 0.624. The van der Waals surface area contributed by atoms with E-state index in [2.05, 4.69) is 6.07 Å². The van der Waals surface area contributed by atoms with Crippen molar-refractivity contribution in [3.63, 3.8) is 0 Å². The summed E-state index contributed by atoms with van der Waals surface area (Å²) in [5.41, 5.74) is 0. The lowest BCUT2D eigenvalue weighted by Gasteiger charge is -1.99. The van der Waals surface area contributed by atoms with Crippen molar-refractivity contribution in [1.29, 1.82) is 5.26 Å². The van der Waals surface area contributed by atoms with Gasteiger partial charge in [-0.3, -0.25) is 0 Å². The number of benzene rings is 1. The minimum absolute atomic E-state index is 0.188. The highest BCUT2D eigenvalue weighted by atomic mass is 32.2. The fourth-order valence-electron chi connectivity index (χ4n) is 1.05. The number of rotatable bonds is 5. The summed E-state index contributed by atoms with van der Waals surface area (Å²) in [5.74, 6) is 0.762. The Bertz CT molecular complexity index is 319. The first-order valence-corrected chi connectivity index (χ1v) is 5.57. The Kier molecular flexibility index (Phi) is 5.09.